The number of piperidine rings is 1. The van der Waals surface area contributed by atoms with Crippen molar-refractivity contribution in [3.05, 3.63) is 41.5 Å². The molecule has 4 nitrogen and oxygen atoms in total. The van der Waals surface area contributed by atoms with Gasteiger partial charge in [0.1, 0.15) is 17.4 Å². The summed E-state index contributed by atoms with van der Waals surface area (Å²) in [7, 11) is 0. The molecule has 36 heavy (non-hydrogen) atoms. The van der Waals surface area contributed by atoms with E-state index in [1.165, 1.54) is 12.1 Å². The van der Waals surface area contributed by atoms with Crippen molar-refractivity contribution in [2.45, 2.75) is 69.9 Å². The molecule has 2 fully saturated rings. The summed E-state index contributed by atoms with van der Waals surface area (Å²) in [6.07, 6.45) is -6.57. The van der Waals surface area contributed by atoms with Crippen molar-refractivity contribution in [3.63, 3.8) is 0 Å². The molecule has 0 aromatic heterocycles. The number of halogens is 6. The van der Waals surface area contributed by atoms with Gasteiger partial charge in [-0.3, -0.25) is 9.69 Å². The first kappa shape index (κ1) is 26.6. The number of hydrogen-bond acceptors (Lipinski definition) is 3. The van der Waals surface area contributed by atoms with E-state index in [1.807, 2.05) is 0 Å². The highest BCUT2D eigenvalue weighted by atomic mass is 19.4. The molecule has 10 heteroatoms. The molecule has 1 heterocycles. The van der Waals surface area contributed by atoms with Gasteiger partial charge in [-0.25, -0.2) is 0 Å². The number of aliphatic carboxylic acids is 1. The van der Waals surface area contributed by atoms with Crippen molar-refractivity contribution in [1.29, 1.82) is 0 Å². The number of carboxylic acid groups (broad SMARTS) is 1. The molecule has 1 aliphatic carbocycles. The Morgan fingerprint density at radius 2 is 1.61 bits per heavy atom. The van der Waals surface area contributed by atoms with Gasteiger partial charge in [-0.1, -0.05) is 25.1 Å². The third-order valence-corrected chi connectivity index (χ3v) is 7.42. The van der Waals surface area contributed by atoms with Crippen molar-refractivity contribution < 1.29 is 41.0 Å². The van der Waals surface area contributed by atoms with Gasteiger partial charge in [-0.15, -0.1) is 0 Å². The fraction of sp³-hybridized carbons (Fsp3) is 0.577. The van der Waals surface area contributed by atoms with E-state index in [1.54, 1.807) is 0 Å². The number of nitrogens with zero attached hydrogens (tertiary/aromatic N) is 1. The molecule has 1 atom stereocenters. The molecular formula is C26H29F6NO3. The Hall–Kier alpha value is -2.49. The van der Waals surface area contributed by atoms with Crippen molar-refractivity contribution in [1.82, 2.24) is 4.90 Å². The number of ether oxygens (including phenoxy) is 1. The zero-order chi connectivity index (χ0) is 26.3. The number of likely N-dealkylation sites (tertiary alicyclic amines) is 1. The third-order valence-electron chi connectivity index (χ3n) is 7.42. The fourth-order valence-corrected chi connectivity index (χ4v) is 5.43. The predicted octanol–water partition coefficient (Wildman–Crippen LogP) is 7.22. The summed E-state index contributed by atoms with van der Waals surface area (Å²) in [5, 5.41) is 8.98. The second-order valence-corrected chi connectivity index (χ2v) is 10.0. The van der Waals surface area contributed by atoms with Crippen LogP contribution >= 0.6 is 0 Å². The second-order valence-electron chi connectivity index (χ2n) is 10.0. The lowest BCUT2D eigenvalue weighted by Crippen LogP contribution is -2.44. The lowest BCUT2D eigenvalue weighted by Gasteiger charge is -2.37. The number of carbonyl (C=O) groups is 1. The molecule has 198 valence electrons. The smallest absolute Gasteiger partial charge is 0.420 e. The maximum Gasteiger partial charge on any atom is 0.420 e. The van der Waals surface area contributed by atoms with Crippen LogP contribution in [0.4, 0.5) is 26.3 Å². The normalized spacial score (nSPS) is 23.5. The van der Waals surface area contributed by atoms with Crippen molar-refractivity contribution in [2.75, 3.05) is 13.1 Å². The molecule has 1 unspecified atom stereocenters. The van der Waals surface area contributed by atoms with E-state index < -0.39 is 35.8 Å². The predicted molar refractivity (Wildman–Crippen MR) is 122 cm³/mol. The van der Waals surface area contributed by atoms with Crippen molar-refractivity contribution in [2.24, 2.45) is 11.8 Å². The third kappa shape index (κ3) is 5.74. The molecule has 1 aliphatic heterocycles. The lowest BCUT2D eigenvalue weighted by atomic mass is 9.89. The first-order valence-electron chi connectivity index (χ1n) is 12.2. The number of benzene rings is 2. The molecule has 1 saturated carbocycles. The van der Waals surface area contributed by atoms with E-state index in [9.17, 15) is 31.1 Å². The topological polar surface area (TPSA) is 49.8 Å². The van der Waals surface area contributed by atoms with Crippen LogP contribution < -0.4 is 4.74 Å². The fourth-order valence-electron chi connectivity index (χ4n) is 5.43. The lowest BCUT2D eigenvalue weighted by molar-refractivity contribution is -0.190. The largest absolute Gasteiger partial charge is 0.490 e. The highest BCUT2D eigenvalue weighted by Crippen LogP contribution is 2.45. The number of fused-ring (bicyclic) bond motifs is 1. The van der Waals surface area contributed by atoms with E-state index in [-0.39, 0.29) is 54.1 Å². The monoisotopic (exact) mass is 517 g/mol. The van der Waals surface area contributed by atoms with Crippen LogP contribution in [-0.2, 0) is 11.0 Å². The zero-order valence-corrected chi connectivity index (χ0v) is 19.8. The van der Waals surface area contributed by atoms with Crippen LogP contribution in [-0.4, -0.2) is 41.3 Å². The highest BCUT2D eigenvalue weighted by Gasteiger charge is 2.46. The number of hydrogen-bond donors (Lipinski definition) is 1. The summed E-state index contributed by atoms with van der Waals surface area (Å²) in [6.45, 7) is 1.95. The number of carboxylic acids is 1. The molecule has 4 rings (SSSR count). The molecular weight excluding hydrogens is 488 g/mol. The minimum atomic E-state index is -4.75. The van der Waals surface area contributed by atoms with Crippen LogP contribution in [0.5, 0.6) is 5.75 Å². The summed E-state index contributed by atoms with van der Waals surface area (Å²) in [6, 6.07) is 3.87. The van der Waals surface area contributed by atoms with Gasteiger partial charge in [0, 0.05) is 0 Å². The van der Waals surface area contributed by atoms with Gasteiger partial charge in [0.05, 0.1) is 12.0 Å². The average Bonchev–Trinajstić information content (AvgIpc) is 2.79. The van der Waals surface area contributed by atoms with E-state index >= 15 is 0 Å². The number of alkyl halides is 6. The maximum absolute atomic E-state index is 14.1. The van der Waals surface area contributed by atoms with Gasteiger partial charge in [-0.05, 0) is 86.0 Å². The Balaban J connectivity index is 1.68. The number of rotatable bonds is 5. The Morgan fingerprint density at radius 3 is 2.17 bits per heavy atom. The Morgan fingerprint density at radius 1 is 0.972 bits per heavy atom. The first-order valence-corrected chi connectivity index (χ1v) is 12.2. The van der Waals surface area contributed by atoms with Crippen molar-refractivity contribution >= 4 is 16.7 Å². The van der Waals surface area contributed by atoms with Crippen LogP contribution in [0.15, 0.2) is 30.3 Å². The quantitative estimate of drug-likeness (QED) is 0.426. The van der Waals surface area contributed by atoms with Gasteiger partial charge in [-0.2, -0.15) is 26.3 Å². The standard InChI is InChI=1S/C26H29F6NO3/c1-15-2-6-19(7-3-15)36-21-9-5-17-14-18(4-8-20(17)22(21)25(27,28)29)23(26(30,31)32)33-12-10-16(11-13-33)24(34)35/h4-5,8-9,14-16,19,23H,2-3,6-7,10-13H2,1H3,(H,34,35). The van der Waals surface area contributed by atoms with E-state index in [0.717, 1.165) is 35.9 Å². The zero-order valence-electron chi connectivity index (χ0n) is 19.8. The van der Waals surface area contributed by atoms with E-state index in [2.05, 4.69) is 6.92 Å². The summed E-state index contributed by atoms with van der Waals surface area (Å²) in [5.74, 6) is -1.54. The molecule has 0 radical (unpaired) electrons. The summed E-state index contributed by atoms with van der Waals surface area (Å²) in [5.41, 5.74) is -1.15. The molecule has 0 bridgehead atoms. The molecule has 2 aromatic rings. The summed E-state index contributed by atoms with van der Waals surface area (Å²) in [4.78, 5) is 12.3. The molecule has 0 amide bonds. The van der Waals surface area contributed by atoms with Crippen LogP contribution in [0.3, 0.4) is 0 Å². The molecule has 1 saturated heterocycles. The van der Waals surface area contributed by atoms with Crippen LogP contribution in [0.2, 0.25) is 0 Å². The minimum Gasteiger partial charge on any atom is -0.490 e. The van der Waals surface area contributed by atoms with E-state index in [0.29, 0.717) is 18.8 Å². The van der Waals surface area contributed by atoms with Crippen LogP contribution in [0.25, 0.3) is 10.8 Å². The maximum atomic E-state index is 14.1. The van der Waals surface area contributed by atoms with Gasteiger partial charge < -0.3 is 9.84 Å². The van der Waals surface area contributed by atoms with Crippen LogP contribution in [0.1, 0.15) is 62.6 Å². The van der Waals surface area contributed by atoms with Crippen molar-refractivity contribution in [3.8, 4) is 5.75 Å². The summed E-state index contributed by atoms with van der Waals surface area (Å²) >= 11 is 0. The Kier molecular flexibility index (Phi) is 7.46. The Labute approximate surface area is 205 Å². The van der Waals surface area contributed by atoms with Crippen LogP contribution in [0, 0.1) is 11.8 Å². The van der Waals surface area contributed by atoms with Gasteiger partial charge in [0.2, 0.25) is 0 Å². The molecule has 1 N–H and O–H groups in total. The Bertz CT molecular complexity index is 1080. The average molecular weight is 518 g/mol. The molecule has 0 spiro atoms. The second kappa shape index (κ2) is 10.1. The first-order chi connectivity index (χ1) is 16.8. The van der Waals surface area contributed by atoms with Gasteiger partial charge >= 0.3 is 18.3 Å². The van der Waals surface area contributed by atoms with Gasteiger partial charge in [0.15, 0.2) is 0 Å². The van der Waals surface area contributed by atoms with E-state index in [4.69, 9.17) is 9.84 Å². The summed E-state index contributed by atoms with van der Waals surface area (Å²) < 4.78 is 90.5. The minimum absolute atomic E-state index is 0.0408. The molecule has 2 aromatic carbocycles. The molecule has 2 aliphatic rings. The van der Waals surface area contributed by atoms with Gasteiger partial charge in [0.25, 0.3) is 0 Å². The SMILES string of the molecule is CC1CCC(Oc2ccc3cc(C(N4CCC(C(=O)O)CC4)C(F)(F)F)ccc3c2C(F)(F)F)CC1. The highest BCUT2D eigenvalue weighted by molar-refractivity contribution is 5.89.